The number of methoxy groups -OCH3 is 1. The Kier molecular flexibility index (Phi) is 3.12. The summed E-state index contributed by atoms with van der Waals surface area (Å²) >= 11 is 0. The van der Waals surface area contributed by atoms with E-state index < -0.39 is 17.5 Å². The molecule has 2 aromatic carbocycles. The summed E-state index contributed by atoms with van der Waals surface area (Å²) in [6.07, 6.45) is 1.75. The number of hydrogen-bond donors (Lipinski definition) is 0. The second kappa shape index (κ2) is 4.84. The Labute approximate surface area is 119 Å². The van der Waals surface area contributed by atoms with Gasteiger partial charge in [0.25, 0.3) is 0 Å². The molecule has 0 saturated carbocycles. The molecule has 21 heavy (non-hydrogen) atoms. The van der Waals surface area contributed by atoms with E-state index in [1.807, 2.05) is 17.7 Å². The third kappa shape index (κ3) is 2.14. The number of aromatic nitrogens is 1. The third-order valence-corrected chi connectivity index (χ3v) is 3.49. The van der Waals surface area contributed by atoms with Crippen molar-refractivity contribution in [3.05, 3.63) is 54.0 Å². The van der Waals surface area contributed by atoms with E-state index in [0.29, 0.717) is 11.3 Å². The lowest BCUT2D eigenvalue weighted by Gasteiger charge is -2.04. The molecule has 0 spiro atoms. The number of benzene rings is 2. The molecule has 0 bridgehead atoms. The molecule has 3 rings (SSSR count). The van der Waals surface area contributed by atoms with Gasteiger partial charge < -0.3 is 9.30 Å². The van der Waals surface area contributed by atoms with Gasteiger partial charge >= 0.3 is 0 Å². The van der Waals surface area contributed by atoms with Crippen molar-refractivity contribution in [2.45, 2.75) is 0 Å². The van der Waals surface area contributed by atoms with Crippen LogP contribution in [0.2, 0.25) is 0 Å². The van der Waals surface area contributed by atoms with Gasteiger partial charge in [-0.25, -0.2) is 13.2 Å². The number of aryl methyl sites for hydroxylation is 1. The molecule has 108 valence electrons. The molecular weight excluding hydrogens is 279 g/mol. The van der Waals surface area contributed by atoms with Gasteiger partial charge in [0, 0.05) is 29.7 Å². The van der Waals surface area contributed by atoms with Crippen LogP contribution in [0.5, 0.6) is 5.75 Å². The van der Waals surface area contributed by atoms with Crippen molar-refractivity contribution in [1.29, 1.82) is 0 Å². The Hall–Kier alpha value is -2.43. The van der Waals surface area contributed by atoms with Gasteiger partial charge in [0.05, 0.1) is 7.11 Å². The van der Waals surface area contributed by atoms with Crippen LogP contribution in [0.3, 0.4) is 0 Å². The average molecular weight is 291 g/mol. The molecule has 0 unspecified atom stereocenters. The maximum Gasteiger partial charge on any atom is 0.194 e. The van der Waals surface area contributed by atoms with Gasteiger partial charge in [-0.1, -0.05) is 0 Å². The molecular formula is C16H12F3NO. The highest BCUT2D eigenvalue weighted by atomic mass is 19.2. The van der Waals surface area contributed by atoms with Gasteiger partial charge in [0.15, 0.2) is 17.5 Å². The fourth-order valence-corrected chi connectivity index (χ4v) is 2.44. The number of nitrogens with zero attached hydrogens (tertiary/aromatic N) is 1. The molecule has 3 aromatic rings. The van der Waals surface area contributed by atoms with Crippen molar-refractivity contribution in [3.63, 3.8) is 0 Å². The lowest BCUT2D eigenvalue weighted by atomic mass is 10.0. The van der Waals surface area contributed by atoms with E-state index in [4.69, 9.17) is 4.74 Å². The van der Waals surface area contributed by atoms with Crippen LogP contribution in [0, 0.1) is 17.5 Å². The topological polar surface area (TPSA) is 14.2 Å². The first kappa shape index (κ1) is 13.5. The standard InChI is InChI=1S/C16H12F3NO/c1-20-8-12(9-5-13(17)16(19)14(18)6-9)11-7-10(21-2)3-4-15(11)20/h3-8H,1-2H3. The van der Waals surface area contributed by atoms with Crippen molar-refractivity contribution in [1.82, 2.24) is 4.57 Å². The summed E-state index contributed by atoms with van der Waals surface area (Å²) in [5, 5.41) is 0.780. The molecule has 0 saturated heterocycles. The predicted molar refractivity (Wildman–Crippen MR) is 74.8 cm³/mol. The fraction of sp³-hybridized carbons (Fsp3) is 0.125. The Morgan fingerprint density at radius 2 is 1.67 bits per heavy atom. The van der Waals surface area contributed by atoms with Crippen LogP contribution in [0.4, 0.5) is 13.2 Å². The minimum atomic E-state index is -1.46. The van der Waals surface area contributed by atoms with Crippen molar-refractivity contribution in [2.75, 3.05) is 7.11 Å². The van der Waals surface area contributed by atoms with E-state index in [9.17, 15) is 13.2 Å². The van der Waals surface area contributed by atoms with Crippen LogP contribution in [0.25, 0.3) is 22.0 Å². The van der Waals surface area contributed by atoms with E-state index >= 15 is 0 Å². The summed E-state index contributed by atoms with van der Waals surface area (Å²) in [6.45, 7) is 0. The quantitative estimate of drug-likeness (QED) is 0.643. The van der Waals surface area contributed by atoms with Crippen molar-refractivity contribution >= 4 is 10.9 Å². The highest BCUT2D eigenvalue weighted by Gasteiger charge is 2.15. The molecule has 0 N–H and O–H groups in total. The van der Waals surface area contributed by atoms with Gasteiger partial charge in [-0.05, 0) is 35.9 Å². The number of rotatable bonds is 2. The second-order valence-electron chi connectivity index (χ2n) is 4.79. The van der Waals surface area contributed by atoms with E-state index in [2.05, 4.69) is 0 Å². The Bertz CT molecular complexity index is 816. The van der Waals surface area contributed by atoms with E-state index in [1.165, 1.54) is 0 Å². The summed E-state index contributed by atoms with van der Waals surface area (Å²) in [5.41, 5.74) is 1.78. The molecule has 0 aliphatic carbocycles. The van der Waals surface area contributed by atoms with Crippen LogP contribution in [-0.2, 0) is 7.05 Å². The molecule has 1 heterocycles. The zero-order chi connectivity index (χ0) is 15.1. The average Bonchev–Trinajstić information content (AvgIpc) is 2.81. The van der Waals surface area contributed by atoms with Crippen LogP contribution in [0.15, 0.2) is 36.5 Å². The van der Waals surface area contributed by atoms with Gasteiger partial charge in [0.2, 0.25) is 0 Å². The van der Waals surface area contributed by atoms with Gasteiger partial charge in [-0.2, -0.15) is 0 Å². The van der Waals surface area contributed by atoms with E-state index in [-0.39, 0.29) is 5.56 Å². The van der Waals surface area contributed by atoms with E-state index in [0.717, 1.165) is 23.0 Å². The second-order valence-corrected chi connectivity index (χ2v) is 4.79. The fourth-order valence-electron chi connectivity index (χ4n) is 2.44. The maximum atomic E-state index is 13.4. The highest BCUT2D eigenvalue weighted by Crippen LogP contribution is 2.33. The zero-order valence-corrected chi connectivity index (χ0v) is 11.5. The largest absolute Gasteiger partial charge is 0.497 e. The van der Waals surface area contributed by atoms with Gasteiger partial charge in [-0.3, -0.25) is 0 Å². The number of fused-ring (bicyclic) bond motifs is 1. The van der Waals surface area contributed by atoms with Crippen LogP contribution >= 0.6 is 0 Å². The molecule has 0 atom stereocenters. The first-order chi connectivity index (χ1) is 10.0. The predicted octanol–water partition coefficient (Wildman–Crippen LogP) is 4.27. The summed E-state index contributed by atoms with van der Waals surface area (Å²) in [5.74, 6) is -3.23. The summed E-state index contributed by atoms with van der Waals surface area (Å²) in [4.78, 5) is 0. The lowest BCUT2D eigenvalue weighted by molar-refractivity contribution is 0.415. The van der Waals surface area contributed by atoms with E-state index in [1.54, 1.807) is 25.4 Å². The summed E-state index contributed by atoms with van der Waals surface area (Å²) < 4.78 is 47.0. The minimum Gasteiger partial charge on any atom is -0.497 e. The first-order valence-electron chi connectivity index (χ1n) is 6.29. The molecule has 0 fully saturated rings. The SMILES string of the molecule is COc1ccc2c(c1)c(-c1cc(F)c(F)c(F)c1)cn2C. The van der Waals surface area contributed by atoms with Crippen molar-refractivity contribution in [3.8, 4) is 16.9 Å². The highest BCUT2D eigenvalue weighted by molar-refractivity contribution is 5.96. The third-order valence-electron chi connectivity index (χ3n) is 3.49. The Morgan fingerprint density at radius 3 is 2.29 bits per heavy atom. The number of hydrogen-bond acceptors (Lipinski definition) is 1. The summed E-state index contributed by atoms with van der Waals surface area (Å²) in [6, 6.07) is 7.43. The molecule has 0 radical (unpaired) electrons. The Morgan fingerprint density at radius 1 is 1.00 bits per heavy atom. The normalized spacial score (nSPS) is 11.1. The molecule has 2 nitrogen and oxygen atoms in total. The zero-order valence-electron chi connectivity index (χ0n) is 11.5. The minimum absolute atomic E-state index is 0.283. The first-order valence-corrected chi connectivity index (χ1v) is 6.29. The summed E-state index contributed by atoms with van der Waals surface area (Å²) in [7, 11) is 3.37. The van der Waals surface area contributed by atoms with Gasteiger partial charge in [0.1, 0.15) is 5.75 Å². The number of ether oxygens (including phenoxy) is 1. The van der Waals surface area contributed by atoms with Crippen molar-refractivity contribution < 1.29 is 17.9 Å². The van der Waals surface area contributed by atoms with Crippen LogP contribution in [0.1, 0.15) is 0 Å². The van der Waals surface area contributed by atoms with Crippen LogP contribution < -0.4 is 4.74 Å². The lowest BCUT2D eigenvalue weighted by Crippen LogP contribution is -1.91. The Balaban J connectivity index is 2.29. The molecule has 1 aromatic heterocycles. The maximum absolute atomic E-state index is 13.4. The van der Waals surface area contributed by atoms with Crippen LogP contribution in [-0.4, -0.2) is 11.7 Å². The van der Waals surface area contributed by atoms with Crippen molar-refractivity contribution in [2.24, 2.45) is 7.05 Å². The smallest absolute Gasteiger partial charge is 0.194 e. The van der Waals surface area contributed by atoms with Gasteiger partial charge in [-0.15, -0.1) is 0 Å². The molecule has 5 heteroatoms. The number of halogens is 3. The molecule has 0 aliphatic rings. The molecule has 0 amide bonds. The monoisotopic (exact) mass is 291 g/mol. The molecule has 0 aliphatic heterocycles.